The van der Waals surface area contributed by atoms with Crippen LogP contribution in [0.4, 0.5) is 0 Å². The molecule has 0 fully saturated rings. The van der Waals surface area contributed by atoms with Gasteiger partial charge in [0, 0.05) is 6.61 Å². The predicted octanol–water partition coefficient (Wildman–Crippen LogP) is 6.50. The van der Waals surface area contributed by atoms with Crippen LogP contribution < -0.4 is 4.74 Å². The third kappa shape index (κ3) is 24.3. The van der Waals surface area contributed by atoms with Crippen LogP contribution >= 0.6 is 0 Å². The molecular weight excluding hydrogens is 496 g/mol. The largest absolute Gasteiger partial charge is 0.491 e. The molecule has 0 bridgehead atoms. The molecule has 7 heteroatoms. The minimum atomic E-state index is 0.539. The average molecular weight is 555 g/mol. The van der Waals surface area contributed by atoms with E-state index in [4.69, 9.17) is 33.2 Å². The van der Waals surface area contributed by atoms with Crippen molar-refractivity contribution in [1.29, 1.82) is 0 Å². The van der Waals surface area contributed by atoms with Gasteiger partial charge in [-0.3, -0.25) is 0 Å². The predicted molar refractivity (Wildman–Crippen MR) is 158 cm³/mol. The lowest BCUT2D eigenvalue weighted by Gasteiger charge is -2.10. The van der Waals surface area contributed by atoms with E-state index in [0.717, 1.165) is 25.2 Å². The summed E-state index contributed by atoms with van der Waals surface area (Å²) in [6, 6.07) is 8.48. The van der Waals surface area contributed by atoms with Gasteiger partial charge in [0.15, 0.2) is 0 Å². The molecule has 0 N–H and O–H groups in total. The van der Waals surface area contributed by atoms with Crippen LogP contribution in [0.1, 0.15) is 77.7 Å². The first-order valence-corrected chi connectivity index (χ1v) is 15.4. The molecule has 0 amide bonds. The highest BCUT2D eigenvalue weighted by Gasteiger charge is 1.99. The van der Waals surface area contributed by atoms with E-state index in [1.807, 2.05) is 0 Å². The molecule has 0 aliphatic heterocycles. The normalized spacial score (nSPS) is 12.2. The second-order valence-corrected chi connectivity index (χ2v) is 10.0. The van der Waals surface area contributed by atoms with Crippen LogP contribution in [0.5, 0.6) is 5.75 Å². The Bertz CT molecular complexity index is 611. The molecule has 7 nitrogen and oxygen atoms in total. The van der Waals surface area contributed by atoms with Crippen LogP contribution in [0, 0.1) is 5.92 Å². The van der Waals surface area contributed by atoms with E-state index in [-0.39, 0.29) is 0 Å². The van der Waals surface area contributed by atoms with Crippen molar-refractivity contribution in [2.75, 3.05) is 85.9 Å². The van der Waals surface area contributed by atoms with Crippen molar-refractivity contribution in [3.8, 4) is 5.75 Å². The van der Waals surface area contributed by atoms with Crippen LogP contribution in [-0.2, 0) is 34.8 Å². The molecule has 0 aliphatic rings. The van der Waals surface area contributed by atoms with E-state index >= 15 is 0 Å². The molecule has 0 radical (unpaired) electrons. The lowest BCUT2D eigenvalue weighted by molar-refractivity contribution is -0.0191. The number of benzene rings is 1. The molecule has 1 aromatic carbocycles. The van der Waals surface area contributed by atoms with Crippen LogP contribution in [0.3, 0.4) is 0 Å². The smallest absolute Gasteiger partial charge is 0.119 e. The molecule has 1 unspecified atom stereocenters. The highest BCUT2D eigenvalue weighted by Crippen LogP contribution is 2.15. The zero-order valence-electron chi connectivity index (χ0n) is 25.3. The first-order chi connectivity index (χ1) is 19.3. The third-order valence-corrected chi connectivity index (χ3v) is 6.45. The average Bonchev–Trinajstić information content (AvgIpc) is 2.96. The lowest BCUT2D eigenvalue weighted by atomic mass is 10.0. The first kappa shape index (κ1) is 35.8. The van der Waals surface area contributed by atoms with Gasteiger partial charge in [0.25, 0.3) is 0 Å². The third-order valence-electron chi connectivity index (χ3n) is 6.45. The summed E-state index contributed by atoms with van der Waals surface area (Å²) in [4.78, 5) is 0. The number of rotatable bonds is 30. The van der Waals surface area contributed by atoms with Gasteiger partial charge >= 0.3 is 0 Å². The summed E-state index contributed by atoms with van der Waals surface area (Å²) in [6.45, 7) is 14.2. The number of hydrogen-bond acceptors (Lipinski definition) is 7. The molecule has 0 saturated carbocycles. The number of unbranched alkanes of at least 4 members (excludes halogenated alkanes) is 6. The van der Waals surface area contributed by atoms with E-state index in [2.05, 4.69) is 45.0 Å². The van der Waals surface area contributed by atoms with Crippen LogP contribution in [0.25, 0.3) is 0 Å². The Hall–Kier alpha value is -1.22. The van der Waals surface area contributed by atoms with Gasteiger partial charge in [0.2, 0.25) is 0 Å². The minimum absolute atomic E-state index is 0.539. The number of hydrogen-bond donors (Lipinski definition) is 0. The molecular formula is C32H58O7. The Morgan fingerprint density at radius 3 is 1.44 bits per heavy atom. The molecule has 0 heterocycles. The second kappa shape index (κ2) is 28.3. The van der Waals surface area contributed by atoms with Crippen molar-refractivity contribution in [2.24, 2.45) is 5.92 Å². The molecule has 0 aromatic heterocycles. The zero-order valence-corrected chi connectivity index (χ0v) is 25.3. The number of aryl methyl sites for hydroxylation is 1. The molecule has 0 aliphatic carbocycles. The van der Waals surface area contributed by atoms with Crippen LogP contribution in [-0.4, -0.2) is 85.9 Å². The highest BCUT2D eigenvalue weighted by molar-refractivity contribution is 5.27. The molecule has 1 aromatic rings. The fraction of sp³-hybridized carbons (Fsp3) is 0.812. The quantitative estimate of drug-likeness (QED) is 0.101. The van der Waals surface area contributed by atoms with Crippen molar-refractivity contribution in [2.45, 2.75) is 78.6 Å². The van der Waals surface area contributed by atoms with Crippen molar-refractivity contribution in [3.63, 3.8) is 0 Å². The van der Waals surface area contributed by atoms with E-state index in [1.165, 1.54) is 50.5 Å². The summed E-state index contributed by atoms with van der Waals surface area (Å²) in [5.74, 6) is 1.50. The molecule has 1 atom stereocenters. The lowest BCUT2D eigenvalue weighted by Crippen LogP contribution is -2.15. The summed E-state index contributed by atoms with van der Waals surface area (Å²) in [7, 11) is 0. The monoisotopic (exact) mass is 554 g/mol. The first-order valence-electron chi connectivity index (χ1n) is 15.4. The minimum Gasteiger partial charge on any atom is -0.491 e. The Balaban J connectivity index is 1.78. The summed E-state index contributed by atoms with van der Waals surface area (Å²) < 4.78 is 38.9. The van der Waals surface area contributed by atoms with Crippen molar-refractivity contribution < 1.29 is 33.2 Å². The van der Waals surface area contributed by atoms with E-state index in [0.29, 0.717) is 85.2 Å². The Kier molecular flexibility index (Phi) is 26.0. The molecule has 1 rings (SSSR count). The zero-order chi connectivity index (χ0) is 28.1. The van der Waals surface area contributed by atoms with Crippen molar-refractivity contribution in [1.82, 2.24) is 0 Å². The maximum Gasteiger partial charge on any atom is 0.119 e. The summed E-state index contributed by atoms with van der Waals surface area (Å²) in [5, 5.41) is 0. The molecule has 228 valence electrons. The van der Waals surface area contributed by atoms with E-state index < -0.39 is 0 Å². The molecule has 39 heavy (non-hydrogen) atoms. The van der Waals surface area contributed by atoms with Gasteiger partial charge in [-0.05, 0) is 36.5 Å². The topological polar surface area (TPSA) is 64.6 Å². The molecule has 0 saturated heterocycles. The standard InChI is InChI=1S/C32H58O7/c1-4-6-7-8-9-10-11-12-31-13-15-32(16-14-31)39-28-27-37-24-23-35-20-19-33-17-18-34-21-22-36-25-26-38-29-30(3)5-2/h13-16,30H,4-12,17-29H2,1-3H3. The number of ether oxygens (including phenoxy) is 7. The van der Waals surface area contributed by atoms with Gasteiger partial charge in [-0.1, -0.05) is 77.8 Å². The van der Waals surface area contributed by atoms with Crippen LogP contribution in [0.2, 0.25) is 0 Å². The van der Waals surface area contributed by atoms with Gasteiger partial charge in [0.1, 0.15) is 12.4 Å². The molecule has 0 spiro atoms. The van der Waals surface area contributed by atoms with Gasteiger partial charge in [-0.2, -0.15) is 0 Å². The van der Waals surface area contributed by atoms with E-state index in [9.17, 15) is 0 Å². The van der Waals surface area contributed by atoms with Crippen molar-refractivity contribution in [3.05, 3.63) is 29.8 Å². The Labute approximate surface area is 239 Å². The van der Waals surface area contributed by atoms with Crippen LogP contribution in [0.15, 0.2) is 24.3 Å². The highest BCUT2D eigenvalue weighted by atomic mass is 16.6. The summed E-state index contributed by atoms with van der Waals surface area (Å²) in [5.41, 5.74) is 1.39. The SMILES string of the molecule is CCCCCCCCCc1ccc(OCCOCCOCCOCCOCCOCCOCC(C)CC)cc1. The van der Waals surface area contributed by atoms with Gasteiger partial charge in [-0.15, -0.1) is 0 Å². The van der Waals surface area contributed by atoms with Gasteiger partial charge in [-0.25, -0.2) is 0 Å². The maximum atomic E-state index is 5.77. The Morgan fingerprint density at radius 1 is 0.513 bits per heavy atom. The summed E-state index contributed by atoms with van der Waals surface area (Å²) >= 11 is 0. The Morgan fingerprint density at radius 2 is 0.949 bits per heavy atom. The summed E-state index contributed by atoms with van der Waals surface area (Å²) in [6.07, 6.45) is 11.7. The van der Waals surface area contributed by atoms with Gasteiger partial charge < -0.3 is 33.2 Å². The van der Waals surface area contributed by atoms with E-state index in [1.54, 1.807) is 0 Å². The maximum absolute atomic E-state index is 5.77. The second-order valence-electron chi connectivity index (χ2n) is 10.0. The van der Waals surface area contributed by atoms with Gasteiger partial charge in [0.05, 0.1) is 72.7 Å². The fourth-order valence-corrected chi connectivity index (χ4v) is 3.76. The van der Waals surface area contributed by atoms with Crippen molar-refractivity contribution >= 4 is 0 Å². The fourth-order valence-electron chi connectivity index (χ4n) is 3.76.